The molecule has 1 unspecified atom stereocenters. The van der Waals surface area contributed by atoms with Crippen LogP contribution in [0.3, 0.4) is 0 Å². The topological polar surface area (TPSA) is 52.0 Å². The molecule has 0 aliphatic heterocycles. The van der Waals surface area contributed by atoms with Gasteiger partial charge in [0, 0.05) is 17.3 Å². The van der Waals surface area contributed by atoms with Gasteiger partial charge in [0.2, 0.25) is 0 Å². The molecule has 2 nitrogen and oxygen atoms in total. The summed E-state index contributed by atoms with van der Waals surface area (Å²) >= 11 is 0. The summed E-state index contributed by atoms with van der Waals surface area (Å²) in [6.45, 7) is 4.59. The second kappa shape index (κ2) is 4.02. The highest BCUT2D eigenvalue weighted by Gasteiger charge is 2.37. The van der Waals surface area contributed by atoms with Crippen molar-refractivity contribution in [1.82, 2.24) is 0 Å². The van der Waals surface area contributed by atoms with Crippen molar-refractivity contribution >= 4 is 11.4 Å². The van der Waals surface area contributed by atoms with E-state index >= 15 is 0 Å². The number of fused-ring (bicyclic) bond motifs is 1. The third kappa shape index (κ3) is 1.97. The average molecular weight is 252 g/mol. The molecule has 19 heavy (non-hydrogen) atoms. The monoisotopic (exact) mass is 252 g/mol. The molecule has 2 aromatic rings. The Hall–Kier alpha value is -1.96. The molecule has 0 amide bonds. The molecule has 0 bridgehead atoms. The van der Waals surface area contributed by atoms with Gasteiger partial charge in [-0.25, -0.2) is 0 Å². The Balaban J connectivity index is 2.10. The zero-order valence-corrected chi connectivity index (χ0v) is 11.5. The van der Waals surface area contributed by atoms with Crippen LogP contribution in [-0.4, -0.2) is 0 Å². The lowest BCUT2D eigenvalue weighted by molar-refractivity contribution is 0.499. The number of hydrogen-bond acceptors (Lipinski definition) is 2. The maximum Gasteiger partial charge on any atom is 0.0317 e. The van der Waals surface area contributed by atoms with E-state index in [9.17, 15) is 0 Å². The molecule has 3 rings (SSSR count). The van der Waals surface area contributed by atoms with E-state index in [1.54, 1.807) is 0 Å². The first-order valence-electron chi connectivity index (χ1n) is 6.73. The first-order chi connectivity index (χ1) is 8.97. The molecular formula is C17H20N2. The minimum Gasteiger partial charge on any atom is -0.399 e. The molecule has 98 valence electrons. The lowest BCUT2D eigenvalue weighted by Gasteiger charge is -2.19. The third-order valence-corrected chi connectivity index (χ3v) is 4.24. The van der Waals surface area contributed by atoms with E-state index in [-0.39, 0.29) is 5.41 Å². The van der Waals surface area contributed by atoms with Crippen molar-refractivity contribution in [3.63, 3.8) is 0 Å². The first kappa shape index (κ1) is 12.1. The number of nitrogen functional groups attached to an aromatic ring is 2. The van der Waals surface area contributed by atoms with Crippen molar-refractivity contribution in [2.24, 2.45) is 0 Å². The van der Waals surface area contributed by atoms with Crippen molar-refractivity contribution in [2.75, 3.05) is 11.5 Å². The quantitative estimate of drug-likeness (QED) is 0.761. The van der Waals surface area contributed by atoms with Gasteiger partial charge in [-0.3, -0.25) is 0 Å². The molecule has 0 saturated carbocycles. The lowest BCUT2D eigenvalue weighted by atomic mass is 9.85. The molecular weight excluding hydrogens is 232 g/mol. The van der Waals surface area contributed by atoms with E-state index in [2.05, 4.69) is 38.1 Å². The maximum absolute atomic E-state index is 5.94. The molecule has 1 aliphatic carbocycles. The fourth-order valence-corrected chi connectivity index (χ4v) is 3.22. The van der Waals surface area contributed by atoms with Crippen LogP contribution in [0.15, 0.2) is 42.5 Å². The fraction of sp³-hybridized carbons (Fsp3) is 0.294. The van der Waals surface area contributed by atoms with Crippen LogP contribution >= 0.6 is 0 Å². The molecule has 0 spiro atoms. The predicted molar refractivity (Wildman–Crippen MR) is 81.2 cm³/mol. The summed E-state index contributed by atoms with van der Waals surface area (Å²) in [6.07, 6.45) is 1.12. The highest BCUT2D eigenvalue weighted by molar-refractivity contribution is 5.55. The molecule has 2 heteroatoms. The van der Waals surface area contributed by atoms with Gasteiger partial charge in [-0.15, -0.1) is 0 Å². The van der Waals surface area contributed by atoms with Crippen LogP contribution in [0.2, 0.25) is 0 Å². The van der Waals surface area contributed by atoms with Crippen LogP contribution in [-0.2, 0) is 5.41 Å². The maximum atomic E-state index is 5.94. The van der Waals surface area contributed by atoms with Crippen LogP contribution in [0.5, 0.6) is 0 Å². The van der Waals surface area contributed by atoms with E-state index in [1.165, 1.54) is 16.7 Å². The summed E-state index contributed by atoms with van der Waals surface area (Å²) in [4.78, 5) is 0. The normalized spacial score (nSPS) is 20.2. The number of hydrogen-bond donors (Lipinski definition) is 2. The Morgan fingerprint density at radius 3 is 2.26 bits per heavy atom. The third-order valence-electron chi connectivity index (χ3n) is 4.24. The molecule has 1 atom stereocenters. The van der Waals surface area contributed by atoms with E-state index in [1.807, 2.05) is 18.2 Å². The SMILES string of the molecule is CC1(C)CC(c2ccc(N)cc2)c2ccc(N)cc21. The van der Waals surface area contributed by atoms with Crippen LogP contribution in [0.25, 0.3) is 0 Å². The van der Waals surface area contributed by atoms with Gasteiger partial charge >= 0.3 is 0 Å². The number of anilines is 2. The lowest BCUT2D eigenvalue weighted by Crippen LogP contribution is -2.12. The van der Waals surface area contributed by atoms with Crippen molar-refractivity contribution in [1.29, 1.82) is 0 Å². The van der Waals surface area contributed by atoms with Crippen molar-refractivity contribution < 1.29 is 0 Å². The van der Waals surface area contributed by atoms with Crippen LogP contribution in [0.1, 0.15) is 42.9 Å². The van der Waals surface area contributed by atoms with Gasteiger partial charge in [-0.2, -0.15) is 0 Å². The Morgan fingerprint density at radius 2 is 1.58 bits per heavy atom. The van der Waals surface area contributed by atoms with Gasteiger partial charge in [-0.1, -0.05) is 32.0 Å². The molecule has 2 aromatic carbocycles. The Bertz CT molecular complexity index is 612. The predicted octanol–water partition coefficient (Wildman–Crippen LogP) is 3.66. The zero-order chi connectivity index (χ0) is 13.6. The Labute approximate surface area is 114 Å². The van der Waals surface area contributed by atoms with E-state index in [0.717, 1.165) is 17.8 Å². The minimum atomic E-state index is 0.177. The summed E-state index contributed by atoms with van der Waals surface area (Å²) < 4.78 is 0. The van der Waals surface area contributed by atoms with Gasteiger partial charge in [0.1, 0.15) is 0 Å². The summed E-state index contributed by atoms with van der Waals surface area (Å²) in [5.41, 5.74) is 17.7. The van der Waals surface area contributed by atoms with E-state index < -0.39 is 0 Å². The Kier molecular flexibility index (Phi) is 2.56. The van der Waals surface area contributed by atoms with Crippen molar-refractivity contribution in [3.05, 3.63) is 59.2 Å². The van der Waals surface area contributed by atoms with Gasteiger partial charge in [0.25, 0.3) is 0 Å². The summed E-state index contributed by atoms with van der Waals surface area (Å²) in [6, 6.07) is 14.6. The van der Waals surface area contributed by atoms with E-state index in [4.69, 9.17) is 11.5 Å². The fourth-order valence-electron chi connectivity index (χ4n) is 3.22. The summed E-state index contributed by atoms with van der Waals surface area (Å²) in [7, 11) is 0. The Morgan fingerprint density at radius 1 is 0.947 bits per heavy atom. The zero-order valence-electron chi connectivity index (χ0n) is 11.5. The largest absolute Gasteiger partial charge is 0.399 e. The van der Waals surface area contributed by atoms with Gasteiger partial charge in [-0.05, 0) is 52.8 Å². The molecule has 4 N–H and O–H groups in total. The molecule has 1 aliphatic rings. The number of benzene rings is 2. The highest BCUT2D eigenvalue weighted by Crippen LogP contribution is 2.49. The van der Waals surface area contributed by atoms with Crippen LogP contribution < -0.4 is 11.5 Å². The summed E-state index contributed by atoms with van der Waals surface area (Å²) in [5.74, 6) is 0.450. The van der Waals surface area contributed by atoms with E-state index in [0.29, 0.717) is 5.92 Å². The smallest absolute Gasteiger partial charge is 0.0317 e. The van der Waals surface area contributed by atoms with Crippen LogP contribution in [0.4, 0.5) is 11.4 Å². The molecule has 0 saturated heterocycles. The molecule has 0 fully saturated rings. The second-order valence-corrected chi connectivity index (χ2v) is 6.15. The number of rotatable bonds is 1. The van der Waals surface area contributed by atoms with Crippen molar-refractivity contribution in [2.45, 2.75) is 31.6 Å². The summed E-state index contributed by atoms with van der Waals surface area (Å²) in [5, 5.41) is 0. The molecule has 0 heterocycles. The molecule has 0 aromatic heterocycles. The van der Waals surface area contributed by atoms with Gasteiger partial charge < -0.3 is 11.5 Å². The minimum absolute atomic E-state index is 0.177. The van der Waals surface area contributed by atoms with Gasteiger partial charge in [0.15, 0.2) is 0 Å². The standard InChI is InChI=1S/C17H20N2/c1-17(2)10-15(11-3-5-12(18)6-4-11)14-8-7-13(19)9-16(14)17/h3-9,15H,10,18-19H2,1-2H3. The second-order valence-electron chi connectivity index (χ2n) is 6.15. The first-order valence-corrected chi connectivity index (χ1v) is 6.73. The van der Waals surface area contributed by atoms with Gasteiger partial charge in [0.05, 0.1) is 0 Å². The molecule has 0 radical (unpaired) electrons. The van der Waals surface area contributed by atoms with Crippen molar-refractivity contribution in [3.8, 4) is 0 Å². The average Bonchev–Trinajstić information content (AvgIpc) is 2.62. The van der Waals surface area contributed by atoms with Crippen LogP contribution in [0, 0.1) is 0 Å². The highest BCUT2D eigenvalue weighted by atomic mass is 14.6. The number of nitrogens with two attached hydrogens (primary N) is 2.